The van der Waals surface area contributed by atoms with Gasteiger partial charge in [-0.1, -0.05) is 91.1 Å². The van der Waals surface area contributed by atoms with Gasteiger partial charge >= 0.3 is 5.97 Å². The van der Waals surface area contributed by atoms with E-state index in [1.165, 1.54) is 61.6 Å². The van der Waals surface area contributed by atoms with Crippen LogP contribution in [-0.2, 0) is 104 Å². The van der Waals surface area contributed by atoms with Gasteiger partial charge in [0, 0.05) is 42.8 Å². The number of carboxylic acid groups (broad SMARTS) is 1. The van der Waals surface area contributed by atoms with E-state index in [0.29, 0.717) is 72.9 Å². The number of nitrogens with two attached hydrogens (primary N) is 7. The van der Waals surface area contributed by atoms with Gasteiger partial charge in [0.05, 0.1) is 19.0 Å². The average molecular weight is 1910 g/mol. The van der Waals surface area contributed by atoms with E-state index >= 15 is 9.59 Å². The van der Waals surface area contributed by atoms with Gasteiger partial charge < -0.3 is 135 Å². The minimum atomic E-state index is -1.83. The van der Waals surface area contributed by atoms with E-state index in [0.717, 1.165) is 0 Å². The van der Waals surface area contributed by atoms with Crippen LogP contribution in [0.3, 0.4) is 0 Å². The van der Waals surface area contributed by atoms with Crippen molar-refractivity contribution in [2.75, 3.05) is 50.2 Å². The molecule has 742 valence electrons. The zero-order valence-corrected chi connectivity index (χ0v) is 79.1. The molecule has 17 atom stereocenters. The third-order valence-corrected chi connectivity index (χ3v) is 23.4. The number of phenols is 1. The summed E-state index contributed by atoms with van der Waals surface area (Å²) in [6.45, 7) is 12.3. The number of hydrogen-bond donors (Lipinski definition) is 25. The molecule has 2 aromatic carbocycles. The Morgan fingerprint density at radius 3 is 1.25 bits per heavy atom. The largest absolute Gasteiger partial charge is 0.508 e. The monoisotopic (exact) mass is 1910 g/mol. The minimum absolute atomic E-state index is 0.0137. The maximum atomic E-state index is 15.2. The molecular formula is C87H141N23O21S2. The molecule has 0 saturated carbocycles. The number of carbonyl (C=O) groups excluding carboxylic acids is 18. The van der Waals surface area contributed by atoms with Crippen LogP contribution >= 0.6 is 23.5 Å². The first kappa shape index (κ1) is 115. The van der Waals surface area contributed by atoms with Gasteiger partial charge in [0.15, 0.2) is 0 Å². The van der Waals surface area contributed by atoms with Gasteiger partial charge in [0.1, 0.15) is 90.3 Å². The molecule has 2 unspecified atom stereocenters. The number of nitrogens with one attached hydrogen (secondary N) is 16. The number of H-pyrrole nitrogens is 1. The number of primary amides is 3. The molecule has 3 aromatic rings. The van der Waals surface area contributed by atoms with Crippen molar-refractivity contribution in [2.24, 2.45) is 57.9 Å². The molecule has 0 bridgehead atoms. The molecule has 44 nitrogen and oxygen atoms in total. The van der Waals surface area contributed by atoms with Gasteiger partial charge in [-0.3, -0.25) is 91.1 Å². The molecule has 0 spiro atoms. The van der Waals surface area contributed by atoms with E-state index in [-0.39, 0.29) is 95.2 Å². The maximum absolute atomic E-state index is 15.2. The molecule has 0 saturated heterocycles. The van der Waals surface area contributed by atoms with Crippen LogP contribution < -0.4 is 120 Å². The second kappa shape index (κ2) is 61.1. The number of phenolic OH excluding ortho intramolecular Hbond substituents is 1. The number of carbonyl (C=O) groups is 19. The average Bonchev–Trinajstić information content (AvgIpc) is 1.80. The molecule has 3 rings (SSSR count). The fraction of sp³-hybridized carbons (Fsp3) is 0.621. The first-order valence-corrected chi connectivity index (χ1v) is 47.5. The van der Waals surface area contributed by atoms with Crippen LogP contribution in [0.15, 0.2) is 54.7 Å². The van der Waals surface area contributed by atoms with E-state index in [1.54, 1.807) is 84.5 Å². The number of aromatic amines is 1. The zero-order chi connectivity index (χ0) is 99.7. The number of fused-ring (bicyclic) bond motifs is 1. The molecule has 0 aliphatic rings. The number of aromatic nitrogens is 1. The van der Waals surface area contributed by atoms with Crippen LogP contribution in [0.4, 0.5) is 0 Å². The van der Waals surface area contributed by atoms with Gasteiger partial charge in [-0.2, -0.15) is 23.5 Å². The molecule has 1 aromatic heterocycles. The molecule has 1 heterocycles. The summed E-state index contributed by atoms with van der Waals surface area (Å²) < 4.78 is 0. The summed E-state index contributed by atoms with van der Waals surface area (Å²) in [5.74, 6) is -19.5. The normalized spacial score (nSPS) is 15.1. The second-order valence-corrected chi connectivity index (χ2v) is 35.2. The van der Waals surface area contributed by atoms with Crippen LogP contribution in [0.2, 0.25) is 0 Å². The van der Waals surface area contributed by atoms with Crippen molar-refractivity contribution >= 4 is 147 Å². The Labute approximate surface area is 783 Å². The summed E-state index contributed by atoms with van der Waals surface area (Å²) in [7, 11) is 0. The Kier molecular flexibility index (Phi) is 53.1. The van der Waals surface area contributed by atoms with Gasteiger partial charge in [-0.15, -0.1) is 0 Å². The number of thioether (sulfide) groups is 2. The molecule has 18 amide bonds. The molecule has 0 radical (unpaired) electrons. The van der Waals surface area contributed by atoms with Gasteiger partial charge in [0.2, 0.25) is 106 Å². The van der Waals surface area contributed by atoms with Crippen molar-refractivity contribution in [2.45, 2.75) is 274 Å². The van der Waals surface area contributed by atoms with Crippen LogP contribution in [0.5, 0.6) is 5.75 Å². The maximum Gasteiger partial charge on any atom is 0.325 e. The summed E-state index contributed by atoms with van der Waals surface area (Å²) in [4.78, 5) is 266. The van der Waals surface area contributed by atoms with Crippen molar-refractivity contribution in [3.8, 4) is 5.75 Å². The highest BCUT2D eigenvalue weighted by Gasteiger charge is 2.40. The van der Waals surface area contributed by atoms with Crippen molar-refractivity contribution in [3.05, 3.63) is 65.9 Å². The predicted octanol–water partition coefficient (Wildman–Crippen LogP) is -3.94. The van der Waals surface area contributed by atoms with E-state index < -0.39 is 246 Å². The fourth-order valence-corrected chi connectivity index (χ4v) is 14.6. The number of carboxylic acids is 1. The van der Waals surface area contributed by atoms with Crippen molar-refractivity contribution in [3.63, 3.8) is 0 Å². The third-order valence-electron chi connectivity index (χ3n) is 22.1. The predicted molar refractivity (Wildman–Crippen MR) is 500 cm³/mol. The molecule has 0 aliphatic carbocycles. The van der Waals surface area contributed by atoms with Gasteiger partial charge in [-0.05, 0) is 182 Å². The zero-order valence-electron chi connectivity index (χ0n) is 77.5. The number of hydrogen-bond acceptors (Lipinski definition) is 26. The van der Waals surface area contributed by atoms with Crippen molar-refractivity contribution in [1.29, 1.82) is 0 Å². The van der Waals surface area contributed by atoms with Crippen LogP contribution in [0, 0.1) is 17.8 Å². The van der Waals surface area contributed by atoms with E-state index in [9.17, 15) is 91.7 Å². The Bertz CT molecular complexity index is 4380. The summed E-state index contributed by atoms with van der Waals surface area (Å²) in [5.41, 5.74) is 41.7. The summed E-state index contributed by atoms with van der Waals surface area (Å²) in [5, 5.41) is 58.6. The van der Waals surface area contributed by atoms with E-state index in [1.807, 2.05) is 0 Å². The van der Waals surface area contributed by atoms with Crippen molar-refractivity contribution < 1.29 is 101 Å². The number of benzene rings is 2. The number of unbranched alkanes of at least 4 members (excludes halogenated alkanes) is 3. The lowest BCUT2D eigenvalue weighted by Crippen LogP contribution is -2.62. The first-order chi connectivity index (χ1) is 63.0. The lowest BCUT2D eigenvalue weighted by Gasteiger charge is -2.31. The lowest BCUT2D eigenvalue weighted by atomic mass is 9.94. The SMILES string of the molecule is CCC(C)[C@H](NC(=O)[C@H](CCC(N)=O)NC(=O)[C@@H](N)CCCCN)C(=O)N[C@H](C(=O)N[C@@H](CC(N)=O)C(=O)N[C@@H](CCSC)C(=O)N[C@@H](Cc1c[nH]c2ccccc12)C(=O)N[C@@H](CCC(N)=O)C(=O)N[C@@H](CCCCN)C(=O)N[C@H](C(=O)NCC(=O)N[C@@H](CCCCN)C(=O)N[C@@H](C)C(=O)N[C@@H](CCSC)C(=O)N[C@@H](Cc1ccc(O)cc1)C(=O)N[C@@H](C)C(=O)O)C(C)C)C(C)CC. The quantitative estimate of drug-likeness (QED) is 0.0240. The Morgan fingerprint density at radius 1 is 0.391 bits per heavy atom. The highest BCUT2D eigenvalue weighted by Crippen LogP contribution is 2.22. The van der Waals surface area contributed by atoms with Crippen LogP contribution in [0.25, 0.3) is 10.9 Å². The molecular weight excluding hydrogens is 1770 g/mol. The summed E-state index contributed by atoms with van der Waals surface area (Å²) >= 11 is 2.59. The first-order valence-electron chi connectivity index (χ1n) is 44.7. The smallest absolute Gasteiger partial charge is 0.325 e. The molecule has 0 aliphatic heterocycles. The molecule has 46 heteroatoms. The standard InChI is InChI=1S/C87H141N23O21S2/c1-11-47(5)71(110-86(129)72(48(6)12-2)109-80(123)60(31-33-67(93)113)101-74(117)55(91)22-15-18-36-88)85(128)107-65(43-68(94)114)83(126)104-62(35-40-133-10)78(121)106-64(42-52-44-95-56-23-14-13-21-54(52)56)82(125)103-59(30-32-66(92)112)76(119)102-58(25-17-20-38-90)79(122)108-70(46(3)4)84(127)96-45-69(115)99-57(24-16-19-37-89)75(118)97-49(7)73(116)100-61(34-39-132-9)77(120)105-63(81(124)98-50(8)87(130)131)41-51-26-28-53(111)29-27-51/h13-14,21,23,26-29,44,46-50,55,57-65,70-72,95,111H,11-12,15-20,22,24-25,30-43,45,88-91H2,1-10H3,(H2,92,112)(H2,93,113)(H2,94,114)(H,96,127)(H,97,118)(H,98,124)(H,99,115)(H,100,116)(H,101,117)(H,102,119)(H,103,125)(H,104,126)(H,105,120)(H,106,121)(H,107,128)(H,108,122)(H,109,123)(H,110,129)(H,130,131)/t47?,48?,49-,50-,55-,57-,58-,59-,60-,61-,62-,63-,64-,65-,70-,71-,72-/m0/s1. The highest BCUT2D eigenvalue weighted by atomic mass is 32.2. The number of amides is 18. The summed E-state index contributed by atoms with van der Waals surface area (Å²) in [6.07, 6.45) is 4.90. The molecule has 133 heavy (non-hydrogen) atoms. The minimum Gasteiger partial charge on any atom is -0.508 e. The highest BCUT2D eigenvalue weighted by molar-refractivity contribution is 7.98. The Morgan fingerprint density at radius 2 is 0.774 bits per heavy atom. The lowest BCUT2D eigenvalue weighted by molar-refractivity contribution is -0.142. The van der Waals surface area contributed by atoms with Crippen LogP contribution in [-0.4, -0.2) is 268 Å². The Hall–Kier alpha value is -11.8. The second-order valence-electron chi connectivity index (χ2n) is 33.2. The number of aliphatic carboxylic acids is 1. The topological polar surface area (TPSA) is 743 Å². The number of para-hydroxylation sites is 1. The molecule has 32 N–H and O–H groups in total. The number of aromatic hydroxyl groups is 1. The Balaban J connectivity index is 1.95. The third kappa shape index (κ3) is 41.9. The van der Waals surface area contributed by atoms with E-state index in [2.05, 4.69) is 84.7 Å². The fourth-order valence-electron chi connectivity index (χ4n) is 13.7. The number of rotatable bonds is 66. The van der Waals surface area contributed by atoms with Gasteiger partial charge in [-0.25, -0.2) is 0 Å². The van der Waals surface area contributed by atoms with E-state index in [4.69, 9.17) is 40.1 Å². The molecule has 0 fully saturated rings. The van der Waals surface area contributed by atoms with Crippen LogP contribution in [0.1, 0.15) is 182 Å². The van der Waals surface area contributed by atoms with Gasteiger partial charge in [0.25, 0.3) is 0 Å². The summed E-state index contributed by atoms with van der Waals surface area (Å²) in [6, 6.07) is -9.01. The van der Waals surface area contributed by atoms with Crippen molar-refractivity contribution in [1.82, 2.24) is 84.7 Å².